The summed E-state index contributed by atoms with van der Waals surface area (Å²) in [6.07, 6.45) is 0. The third-order valence-corrected chi connectivity index (χ3v) is 5.08. The molecule has 5 rings (SSSR count). The normalized spacial score (nSPS) is 11.0. The first kappa shape index (κ1) is 18.7. The van der Waals surface area contributed by atoms with E-state index in [1.807, 2.05) is 60.7 Å². The van der Waals surface area contributed by atoms with Crippen LogP contribution in [-0.2, 0) is 0 Å². The van der Waals surface area contributed by atoms with E-state index in [0.717, 1.165) is 11.1 Å². The summed E-state index contributed by atoms with van der Waals surface area (Å²) in [7, 11) is 0. The summed E-state index contributed by atoms with van der Waals surface area (Å²) in [6, 6.07) is 20.9. The van der Waals surface area contributed by atoms with Gasteiger partial charge in [0, 0.05) is 11.1 Å². The number of hydrogen-bond acceptors (Lipinski definition) is 6. The van der Waals surface area contributed by atoms with Crippen molar-refractivity contribution in [2.45, 2.75) is 13.8 Å². The van der Waals surface area contributed by atoms with Crippen LogP contribution >= 0.6 is 0 Å². The van der Waals surface area contributed by atoms with Crippen LogP contribution in [0.2, 0.25) is 0 Å². The zero-order valence-electron chi connectivity index (χ0n) is 16.9. The van der Waals surface area contributed by atoms with Gasteiger partial charge < -0.3 is 14.4 Å². The minimum atomic E-state index is -0.320. The van der Waals surface area contributed by atoms with Crippen molar-refractivity contribution < 1.29 is 13.8 Å². The molecule has 0 saturated carbocycles. The summed E-state index contributed by atoms with van der Waals surface area (Å²) in [5.74, 6) is 0.215. The number of aromatic nitrogens is 3. The van der Waals surface area contributed by atoms with Crippen molar-refractivity contribution in [2.75, 3.05) is 5.32 Å². The van der Waals surface area contributed by atoms with Gasteiger partial charge in [-0.2, -0.15) is 0 Å². The maximum absolute atomic E-state index is 13.4. The molecule has 0 fully saturated rings. The van der Waals surface area contributed by atoms with Crippen LogP contribution in [0.1, 0.15) is 21.8 Å². The van der Waals surface area contributed by atoms with Gasteiger partial charge in [-0.05, 0) is 19.9 Å². The topological polar surface area (TPSA) is 94.1 Å². The molecule has 0 aliphatic carbocycles. The number of nitrogens with one attached hydrogen (secondary N) is 1. The Kier molecular flexibility index (Phi) is 4.55. The van der Waals surface area contributed by atoms with Crippen LogP contribution in [0.25, 0.3) is 33.6 Å². The lowest BCUT2D eigenvalue weighted by Crippen LogP contribution is -2.14. The van der Waals surface area contributed by atoms with Gasteiger partial charge in [0.05, 0.1) is 16.6 Å². The fourth-order valence-electron chi connectivity index (χ4n) is 3.52. The molecule has 0 radical (unpaired) electrons. The number of carbonyl (C=O) groups excluding carboxylic acids is 1. The van der Waals surface area contributed by atoms with E-state index < -0.39 is 0 Å². The third kappa shape index (κ3) is 3.36. The zero-order chi connectivity index (χ0) is 21.4. The number of amides is 1. The molecule has 1 amide bonds. The van der Waals surface area contributed by atoms with Gasteiger partial charge in [-0.25, -0.2) is 4.98 Å². The molecule has 31 heavy (non-hydrogen) atoms. The minimum Gasteiger partial charge on any atom is -0.359 e. The van der Waals surface area contributed by atoms with Crippen LogP contribution < -0.4 is 5.32 Å². The molecule has 1 N–H and O–H groups in total. The van der Waals surface area contributed by atoms with E-state index >= 15 is 0 Å². The molecule has 2 aromatic carbocycles. The number of fused-ring (bicyclic) bond motifs is 1. The second-order valence-corrected chi connectivity index (χ2v) is 7.15. The van der Waals surface area contributed by atoms with Crippen molar-refractivity contribution in [3.8, 4) is 22.5 Å². The predicted octanol–water partition coefficient (Wildman–Crippen LogP) is 5.41. The van der Waals surface area contributed by atoms with Gasteiger partial charge in [-0.15, -0.1) is 0 Å². The largest absolute Gasteiger partial charge is 0.359 e. The van der Waals surface area contributed by atoms with E-state index in [1.54, 1.807) is 19.9 Å². The molecule has 7 heteroatoms. The Labute approximate surface area is 177 Å². The minimum absolute atomic E-state index is 0.295. The van der Waals surface area contributed by atoms with Gasteiger partial charge in [0.2, 0.25) is 0 Å². The number of hydrogen-bond donors (Lipinski definition) is 1. The van der Waals surface area contributed by atoms with Crippen molar-refractivity contribution >= 4 is 22.7 Å². The van der Waals surface area contributed by atoms with E-state index in [2.05, 4.69) is 20.6 Å². The van der Waals surface area contributed by atoms with Gasteiger partial charge in [-0.1, -0.05) is 71.0 Å². The van der Waals surface area contributed by atoms with E-state index in [1.165, 1.54) is 0 Å². The average Bonchev–Trinajstić information content (AvgIpc) is 3.38. The second kappa shape index (κ2) is 7.53. The molecule has 0 saturated heterocycles. The van der Waals surface area contributed by atoms with Crippen molar-refractivity contribution in [3.05, 3.63) is 83.7 Å². The standard InChI is InChI=1S/C24H18N4O3/c1-14-21(15(2)30-27-14)26-23(29)18-13-19(16-9-5-3-6-10-16)25-24-20(18)22(28-31-24)17-11-7-4-8-12-17/h3-13H,1-2H3,(H,26,29). The Hall–Kier alpha value is -4.26. The molecule has 3 heterocycles. The van der Waals surface area contributed by atoms with Gasteiger partial charge in [-0.3, -0.25) is 4.79 Å². The number of nitrogens with zero attached hydrogens (tertiary/aromatic N) is 3. The molecule has 0 aliphatic heterocycles. The monoisotopic (exact) mass is 410 g/mol. The molecule has 0 unspecified atom stereocenters. The number of rotatable bonds is 4. The first-order valence-corrected chi connectivity index (χ1v) is 9.77. The molecule has 0 aliphatic rings. The van der Waals surface area contributed by atoms with Gasteiger partial charge in [0.1, 0.15) is 17.1 Å². The lowest BCUT2D eigenvalue weighted by atomic mass is 10.0. The van der Waals surface area contributed by atoms with E-state index in [9.17, 15) is 4.79 Å². The highest BCUT2D eigenvalue weighted by molar-refractivity contribution is 6.15. The van der Waals surface area contributed by atoms with Crippen LogP contribution in [0.5, 0.6) is 0 Å². The van der Waals surface area contributed by atoms with Crippen LogP contribution in [0.3, 0.4) is 0 Å². The summed E-state index contributed by atoms with van der Waals surface area (Å²) in [6.45, 7) is 3.53. The summed E-state index contributed by atoms with van der Waals surface area (Å²) in [4.78, 5) is 18.0. The molecule has 0 atom stereocenters. The molecule has 5 aromatic rings. The first-order chi connectivity index (χ1) is 15.1. The van der Waals surface area contributed by atoms with E-state index in [-0.39, 0.29) is 5.91 Å². The molecule has 0 spiro atoms. The highest BCUT2D eigenvalue weighted by atomic mass is 16.5. The Bertz CT molecular complexity index is 1370. The number of anilines is 1. The highest BCUT2D eigenvalue weighted by Gasteiger charge is 2.23. The van der Waals surface area contributed by atoms with Crippen molar-refractivity contribution in [3.63, 3.8) is 0 Å². The third-order valence-electron chi connectivity index (χ3n) is 5.08. The predicted molar refractivity (Wildman–Crippen MR) is 117 cm³/mol. The number of aryl methyl sites for hydroxylation is 2. The molecule has 3 aromatic heterocycles. The summed E-state index contributed by atoms with van der Waals surface area (Å²) < 4.78 is 10.7. The summed E-state index contributed by atoms with van der Waals surface area (Å²) in [5, 5.41) is 11.6. The maximum Gasteiger partial charge on any atom is 0.259 e. The van der Waals surface area contributed by atoms with E-state index in [0.29, 0.717) is 45.2 Å². The molecule has 0 bridgehead atoms. The summed E-state index contributed by atoms with van der Waals surface area (Å²) >= 11 is 0. The number of pyridine rings is 1. The Morgan fingerprint density at radius 2 is 1.55 bits per heavy atom. The highest BCUT2D eigenvalue weighted by Crippen LogP contribution is 2.33. The molecular formula is C24H18N4O3. The fraction of sp³-hybridized carbons (Fsp3) is 0.0833. The smallest absolute Gasteiger partial charge is 0.259 e. The number of carbonyl (C=O) groups is 1. The lowest BCUT2D eigenvalue weighted by molar-refractivity contribution is 0.102. The first-order valence-electron chi connectivity index (χ1n) is 9.77. The Morgan fingerprint density at radius 1 is 0.871 bits per heavy atom. The van der Waals surface area contributed by atoms with Crippen molar-refractivity contribution in [2.24, 2.45) is 0 Å². The van der Waals surface area contributed by atoms with Crippen LogP contribution in [0, 0.1) is 13.8 Å². The maximum atomic E-state index is 13.4. The van der Waals surface area contributed by atoms with Gasteiger partial charge in [0.15, 0.2) is 5.76 Å². The fourth-order valence-corrected chi connectivity index (χ4v) is 3.52. The number of benzene rings is 2. The second-order valence-electron chi connectivity index (χ2n) is 7.15. The quantitative estimate of drug-likeness (QED) is 0.425. The Morgan fingerprint density at radius 3 is 2.19 bits per heavy atom. The van der Waals surface area contributed by atoms with Crippen LogP contribution in [0.4, 0.5) is 5.69 Å². The SMILES string of the molecule is Cc1noc(C)c1NC(=O)c1cc(-c2ccccc2)nc2onc(-c3ccccc3)c12. The van der Waals surface area contributed by atoms with Gasteiger partial charge in [0.25, 0.3) is 11.6 Å². The van der Waals surface area contributed by atoms with E-state index in [4.69, 9.17) is 9.05 Å². The Balaban J connectivity index is 1.71. The lowest BCUT2D eigenvalue weighted by Gasteiger charge is -2.09. The molecule has 7 nitrogen and oxygen atoms in total. The van der Waals surface area contributed by atoms with Crippen molar-refractivity contribution in [1.82, 2.24) is 15.3 Å². The van der Waals surface area contributed by atoms with Crippen LogP contribution in [-0.4, -0.2) is 21.2 Å². The van der Waals surface area contributed by atoms with Crippen molar-refractivity contribution in [1.29, 1.82) is 0 Å². The zero-order valence-corrected chi connectivity index (χ0v) is 16.9. The molecule has 152 valence electrons. The molecular weight excluding hydrogens is 392 g/mol. The average molecular weight is 410 g/mol. The van der Waals surface area contributed by atoms with Crippen LogP contribution in [0.15, 0.2) is 75.8 Å². The summed E-state index contributed by atoms with van der Waals surface area (Å²) in [5.41, 5.74) is 4.74. The van der Waals surface area contributed by atoms with Gasteiger partial charge >= 0.3 is 0 Å².